The van der Waals surface area contributed by atoms with Crippen LogP contribution < -0.4 is 14.8 Å². The van der Waals surface area contributed by atoms with E-state index in [9.17, 15) is 15.0 Å². The van der Waals surface area contributed by atoms with E-state index in [1.807, 2.05) is 30.3 Å². The number of anilines is 2. The molecule has 0 unspecified atom stereocenters. The molecule has 42 heavy (non-hydrogen) atoms. The van der Waals surface area contributed by atoms with E-state index in [0.717, 1.165) is 16.6 Å². The van der Waals surface area contributed by atoms with Gasteiger partial charge < -0.3 is 34.5 Å². The topological polar surface area (TPSA) is 163 Å². The second-order valence-corrected chi connectivity index (χ2v) is 8.98. The molecular formula is C29H28N6O7. The SMILES string of the molecule is COCCOc1cc2ncnc(Nc3cccc(-c4cn(-c5ccc(O)c(C(=O)O)c5)nn4)c3)c2cc1OCCOC. The standard InChI is InChI=1S/C29H28N6O7/c1-39-8-10-41-26-14-21-23(15-27(26)42-11-9-40-2)30-17-31-28(21)32-19-5-3-4-18(12-19)24-16-35(34-33-24)20-6-7-25(36)22(13-20)29(37)38/h3-7,12-17,36H,8-11H2,1-2H3,(H,37,38)(H,30,31,32). The van der Waals surface area contributed by atoms with Crippen LogP contribution in [0.3, 0.4) is 0 Å². The number of hydrogen-bond donors (Lipinski definition) is 3. The fraction of sp³-hybridized carbons (Fsp3) is 0.207. The van der Waals surface area contributed by atoms with Crippen molar-refractivity contribution >= 4 is 28.4 Å². The molecule has 0 spiro atoms. The third kappa shape index (κ3) is 6.37. The molecule has 13 nitrogen and oxygen atoms in total. The number of phenols is 1. The van der Waals surface area contributed by atoms with Crippen molar-refractivity contribution in [2.45, 2.75) is 0 Å². The lowest BCUT2D eigenvalue weighted by molar-refractivity contribution is 0.0693. The summed E-state index contributed by atoms with van der Waals surface area (Å²) in [5, 5.41) is 31.6. The highest BCUT2D eigenvalue weighted by Crippen LogP contribution is 2.35. The van der Waals surface area contributed by atoms with E-state index >= 15 is 0 Å². The minimum Gasteiger partial charge on any atom is -0.507 e. The highest BCUT2D eigenvalue weighted by molar-refractivity contribution is 5.93. The summed E-state index contributed by atoms with van der Waals surface area (Å²) in [5.74, 6) is 0.0556. The maximum Gasteiger partial charge on any atom is 0.339 e. The molecule has 0 aliphatic heterocycles. The average molecular weight is 573 g/mol. The molecule has 216 valence electrons. The Morgan fingerprint density at radius 2 is 1.69 bits per heavy atom. The maximum absolute atomic E-state index is 11.4. The largest absolute Gasteiger partial charge is 0.507 e. The van der Waals surface area contributed by atoms with Crippen LogP contribution >= 0.6 is 0 Å². The number of nitrogens with zero attached hydrogens (tertiary/aromatic N) is 5. The van der Waals surface area contributed by atoms with E-state index in [4.69, 9.17) is 18.9 Å². The van der Waals surface area contributed by atoms with Gasteiger partial charge in [-0.2, -0.15) is 0 Å². The first-order valence-corrected chi connectivity index (χ1v) is 12.9. The number of carboxylic acids is 1. The van der Waals surface area contributed by atoms with Gasteiger partial charge in [0.1, 0.15) is 42.4 Å². The number of benzene rings is 3. The second kappa shape index (κ2) is 12.9. The number of carboxylic acid groups (broad SMARTS) is 1. The number of aromatic carboxylic acids is 1. The Hall–Kier alpha value is -5.27. The van der Waals surface area contributed by atoms with Crippen molar-refractivity contribution in [3.8, 4) is 34.2 Å². The first-order valence-electron chi connectivity index (χ1n) is 12.9. The summed E-state index contributed by atoms with van der Waals surface area (Å²) in [6.45, 7) is 1.53. The van der Waals surface area contributed by atoms with Gasteiger partial charge in [0.15, 0.2) is 11.5 Å². The summed E-state index contributed by atoms with van der Waals surface area (Å²) in [6, 6.07) is 15.3. The molecule has 5 aromatic rings. The van der Waals surface area contributed by atoms with E-state index in [-0.39, 0.29) is 11.3 Å². The van der Waals surface area contributed by atoms with Gasteiger partial charge in [-0.25, -0.2) is 19.4 Å². The zero-order chi connectivity index (χ0) is 29.5. The number of rotatable bonds is 13. The number of nitrogens with one attached hydrogen (secondary N) is 1. The molecule has 0 fully saturated rings. The van der Waals surface area contributed by atoms with E-state index in [2.05, 4.69) is 25.6 Å². The first kappa shape index (κ1) is 28.3. The maximum atomic E-state index is 11.4. The zero-order valence-corrected chi connectivity index (χ0v) is 22.9. The Kier molecular flexibility index (Phi) is 8.70. The molecule has 0 aliphatic carbocycles. The van der Waals surface area contributed by atoms with Gasteiger partial charge in [0.05, 0.1) is 30.6 Å². The molecule has 0 saturated carbocycles. The normalized spacial score (nSPS) is 11.0. The van der Waals surface area contributed by atoms with Gasteiger partial charge in [0.25, 0.3) is 0 Å². The summed E-state index contributed by atoms with van der Waals surface area (Å²) < 4.78 is 23.5. The molecule has 13 heteroatoms. The molecule has 0 amide bonds. The van der Waals surface area contributed by atoms with Crippen LogP contribution in [0.2, 0.25) is 0 Å². The second-order valence-electron chi connectivity index (χ2n) is 8.98. The van der Waals surface area contributed by atoms with Crippen molar-refractivity contribution in [1.29, 1.82) is 0 Å². The van der Waals surface area contributed by atoms with Crippen LogP contribution in [0.15, 0.2) is 67.1 Å². The third-order valence-electron chi connectivity index (χ3n) is 6.18. The quantitative estimate of drug-likeness (QED) is 0.174. The summed E-state index contributed by atoms with van der Waals surface area (Å²) in [5.41, 5.74) is 2.94. The smallest absolute Gasteiger partial charge is 0.339 e. The molecular weight excluding hydrogens is 544 g/mol. The van der Waals surface area contributed by atoms with Crippen LogP contribution in [0.4, 0.5) is 11.5 Å². The fourth-order valence-electron chi connectivity index (χ4n) is 4.11. The Morgan fingerprint density at radius 3 is 2.43 bits per heavy atom. The van der Waals surface area contributed by atoms with E-state index < -0.39 is 5.97 Å². The van der Waals surface area contributed by atoms with Crippen molar-refractivity contribution in [2.24, 2.45) is 0 Å². The third-order valence-corrected chi connectivity index (χ3v) is 6.18. The molecule has 3 N–H and O–H groups in total. The Morgan fingerprint density at radius 1 is 0.929 bits per heavy atom. The number of aromatic nitrogens is 5. The molecule has 0 radical (unpaired) electrons. The van der Waals surface area contributed by atoms with Gasteiger partial charge in [-0.1, -0.05) is 17.3 Å². The number of fused-ring (bicyclic) bond motifs is 1. The van der Waals surface area contributed by atoms with Crippen LogP contribution in [-0.4, -0.2) is 81.8 Å². The summed E-state index contributed by atoms with van der Waals surface area (Å²) in [6.07, 6.45) is 3.14. The van der Waals surface area contributed by atoms with Gasteiger partial charge in [-0.3, -0.25) is 0 Å². The van der Waals surface area contributed by atoms with Crippen LogP contribution in [0.5, 0.6) is 17.2 Å². The molecule has 0 aliphatic rings. The monoisotopic (exact) mass is 572 g/mol. The van der Waals surface area contributed by atoms with E-state index in [0.29, 0.717) is 60.6 Å². The van der Waals surface area contributed by atoms with Crippen molar-refractivity contribution in [1.82, 2.24) is 25.0 Å². The van der Waals surface area contributed by atoms with Crippen LogP contribution in [0.1, 0.15) is 10.4 Å². The summed E-state index contributed by atoms with van der Waals surface area (Å²) in [4.78, 5) is 20.3. The van der Waals surface area contributed by atoms with Crippen molar-refractivity contribution in [3.05, 3.63) is 72.7 Å². The molecule has 0 atom stereocenters. The fourth-order valence-corrected chi connectivity index (χ4v) is 4.11. The Bertz CT molecular complexity index is 1710. The molecule has 3 aromatic carbocycles. The highest BCUT2D eigenvalue weighted by atomic mass is 16.5. The number of methoxy groups -OCH3 is 2. The number of aromatic hydroxyl groups is 1. The van der Waals surface area contributed by atoms with Gasteiger partial charge in [0.2, 0.25) is 0 Å². The van der Waals surface area contributed by atoms with Gasteiger partial charge in [-0.05, 0) is 36.4 Å². The van der Waals surface area contributed by atoms with Gasteiger partial charge in [-0.15, -0.1) is 5.10 Å². The molecule has 2 heterocycles. The van der Waals surface area contributed by atoms with Crippen LogP contribution in [0.25, 0.3) is 27.8 Å². The molecule has 5 rings (SSSR count). The lowest BCUT2D eigenvalue weighted by Crippen LogP contribution is -2.09. The zero-order valence-electron chi connectivity index (χ0n) is 22.9. The molecule has 0 saturated heterocycles. The number of carbonyl (C=O) groups is 1. The number of ether oxygens (including phenoxy) is 4. The summed E-state index contributed by atoms with van der Waals surface area (Å²) >= 11 is 0. The predicted octanol–water partition coefficient (Wildman–Crippen LogP) is 4.08. The van der Waals surface area contributed by atoms with Gasteiger partial charge >= 0.3 is 5.97 Å². The molecule has 0 bridgehead atoms. The van der Waals surface area contributed by atoms with Crippen molar-refractivity contribution in [2.75, 3.05) is 46.0 Å². The van der Waals surface area contributed by atoms with Crippen LogP contribution in [-0.2, 0) is 9.47 Å². The lowest BCUT2D eigenvalue weighted by Gasteiger charge is -2.15. The Balaban J connectivity index is 1.42. The van der Waals surface area contributed by atoms with E-state index in [1.54, 1.807) is 32.5 Å². The van der Waals surface area contributed by atoms with E-state index in [1.165, 1.54) is 23.1 Å². The predicted molar refractivity (Wildman–Crippen MR) is 153 cm³/mol. The minimum absolute atomic E-state index is 0.228. The highest BCUT2D eigenvalue weighted by Gasteiger charge is 2.15. The van der Waals surface area contributed by atoms with Crippen molar-refractivity contribution in [3.63, 3.8) is 0 Å². The van der Waals surface area contributed by atoms with Gasteiger partial charge in [0, 0.05) is 36.9 Å². The Labute approximate surface area is 240 Å². The lowest BCUT2D eigenvalue weighted by atomic mass is 10.1. The summed E-state index contributed by atoms with van der Waals surface area (Å²) in [7, 11) is 3.21. The minimum atomic E-state index is -1.24. The molecule has 2 aromatic heterocycles. The first-order chi connectivity index (χ1) is 20.5. The number of hydrogen-bond acceptors (Lipinski definition) is 11. The van der Waals surface area contributed by atoms with Crippen LogP contribution in [0, 0.1) is 0 Å². The average Bonchev–Trinajstić information content (AvgIpc) is 3.49. The van der Waals surface area contributed by atoms with Crippen molar-refractivity contribution < 1.29 is 34.0 Å².